The van der Waals surface area contributed by atoms with Crippen molar-refractivity contribution in [2.75, 3.05) is 0 Å². The third-order valence-electron chi connectivity index (χ3n) is 0. The van der Waals surface area contributed by atoms with Gasteiger partial charge in [-0.1, -0.05) is 0 Å². The van der Waals surface area contributed by atoms with Gasteiger partial charge in [0, 0.05) is 26.2 Å². The summed E-state index contributed by atoms with van der Waals surface area (Å²) in [5.74, 6) is 0. The molecule has 0 aliphatic carbocycles. The van der Waals surface area contributed by atoms with Gasteiger partial charge < -0.3 is 16.4 Å². The molecular weight excluding hydrogens is 277 g/mol. The molecule has 0 bridgehead atoms. The molecule has 0 aromatic carbocycles. The van der Waals surface area contributed by atoms with Crippen molar-refractivity contribution in [1.82, 2.24) is 0 Å². The molecular formula is HBaO3Zr-3. The van der Waals surface area contributed by atoms with Crippen LogP contribution in [0.25, 0.3) is 0 Å². The topological polar surface area (TPSA) is 87.0 Å². The molecule has 1 N–H and O–H groups in total. The van der Waals surface area contributed by atoms with Crippen LogP contribution in [0.3, 0.4) is 0 Å². The molecule has 0 saturated carbocycles. The Kier molecular flexibility index (Phi) is 357. The maximum absolute atomic E-state index is 0. The van der Waals surface area contributed by atoms with Crippen LogP contribution in [0.5, 0.6) is 0 Å². The first-order valence-corrected chi connectivity index (χ1v) is 0. The van der Waals surface area contributed by atoms with Crippen molar-refractivity contribution in [2.24, 2.45) is 0 Å². The largest absolute Gasteiger partial charge is 2.00 e. The normalized spacial score (nSPS) is 0. The predicted molar refractivity (Wildman–Crippen MR) is 9.06 cm³/mol. The van der Waals surface area contributed by atoms with E-state index in [1.807, 2.05) is 0 Å². The summed E-state index contributed by atoms with van der Waals surface area (Å²) < 4.78 is 0. The second-order valence-electron chi connectivity index (χ2n) is 0. The maximum Gasteiger partial charge on any atom is 2.00 e. The minimum atomic E-state index is 0. The molecule has 0 aromatic heterocycles. The van der Waals surface area contributed by atoms with Gasteiger partial charge in [-0.15, -0.1) is 0 Å². The summed E-state index contributed by atoms with van der Waals surface area (Å²) in [6, 6.07) is 0. The zero-order valence-electron chi connectivity index (χ0n) is 2.47. The molecule has 0 aromatic rings. The van der Waals surface area contributed by atoms with E-state index in [2.05, 4.69) is 0 Å². The summed E-state index contributed by atoms with van der Waals surface area (Å²) in [5, 5.41) is 0. The summed E-state index contributed by atoms with van der Waals surface area (Å²) in [6.45, 7) is 0. The Morgan fingerprint density at radius 1 is 0.800 bits per heavy atom. The smallest absolute Gasteiger partial charge is 2.00 e. The first-order valence-electron chi connectivity index (χ1n) is 0. The number of hydrogen-bond donors (Lipinski definition) is 0. The van der Waals surface area contributed by atoms with Crippen molar-refractivity contribution < 1.29 is 42.6 Å². The molecule has 0 amide bonds. The van der Waals surface area contributed by atoms with Gasteiger partial charge in [-0.25, -0.2) is 0 Å². The van der Waals surface area contributed by atoms with Gasteiger partial charge in [-0.05, 0) is 0 Å². The Balaban J connectivity index is 0. The average molecular weight is 278 g/mol. The van der Waals surface area contributed by atoms with E-state index in [9.17, 15) is 0 Å². The monoisotopic (exact) mass is 277 g/mol. The predicted octanol–water partition coefficient (Wildman–Crippen LogP) is -0.798. The van der Waals surface area contributed by atoms with Crippen molar-refractivity contribution in [1.29, 1.82) is 0 Å². The molecule has 0 saturated heterocycles. The van der Waals surface area contributed by atoms with Crippen LogP contribution in [0.4, 0.5) is 0 Å². The molecule has 0 spiro atoms. The zero-order chi connectivity index (χ0) is 0. The van der Waals surface area contributed by atoms with Crippen molar-refractivity contribution in [3.63, 3.8) is 0 Å². The van der Waals surface area contributed by atoms with Crippen molar-refractivity contribution in [3.05, 3.63) is 0 Å². The van der Waals surface area contributed by atoms with Crippen LogP contribution in [0.15, 0.2) is 0 Å². The van der Waals surface area contributed by atoms with Gasteiger partial charge in [-0.2, -0.15) is 0 Å². The Bertz CT molecular complexity index is 6.85. The van der Waals surface area contributed by atoms with Crippen LogP contribution in [0, 0.1) is 0 Å². The van der Waals surface area contributed by atoms with E-state index in [0.29, 0.717) is 0 Å². The summed E-state index contributed by atoms with van der Waals surface area (Å²) >= 11 is 0. The van der Waals surface area contributed by atoms with Gasteiger partial charge in [0.05, 0.1) is 0 Å². The van der Waals surface area contributed by atoms with Gasteiger partial charge in [0.2, 0.25) is 0 Å². The summed E-state index contributed by atoms with van der Waals surface area (Å²) in [6.07, 6.45) is 0. The Hall–Kier alpha value is 2.33. The second-order valence-corrected chi connectivity index (χ2v) is 0. The molecule has 0 unspecified atom stereocenters. The van der Waals surface area contributed by atoms with E-state index in [4.69, 9.17) is 0 Å². The van der Waals surface area contributed by atoms with E-state index < -0.39 is 0 Å². The first kappa shape index (κ1) is 54.0. The van der Waals surface area contributed by atoms with Crippen molar-refractivity contribution in [3.8, 4) is 0 Å². The first-order chi connectivity index (χ1) is 0. The van der Waals surface area contributed by atoms with E-state index in [1.54, 1.807) is 0 Å². The third-order valence-corrected chi connectivity index (χ3v) is 0. The Morgan fingerprint density at radius 3 is 0.800 bits per heavy atom. The van der Waals surface area contributed by atoms with Crippen molar-refractivity contribution in [2.45, 2.75) is 0 Å². The van der Waals surface area contributed by atoms with Gasteiger partial charge in [0.15, 0.2) is 0 Å². The quantitative estimate of drug-likeness (QED) is 0.533. The van der Waals surface area contributed by atoms with E-state index in [1.165, 1.54) is 0 Å². The van der Waals surface area contributed by atoms with Gasteiger partial charge >= 0.3 is 48.9 Å². The molecule has 0 heterocycles. The van der Waals surface area contributed by atoms with E-state index in [0.717, 1.165) is 0 Å². The second kappa shape index (κ2) is 33.1. The van der Waals surface area contributed by atoms with Crippen LogP contribution in [0.1, 0.15) is 0 Å². The average Bonchev–Trinajstić information content (AvgIpc) is 0. The molecule has 0 aliphatic heterocycles. The Labute approximate surface area is 89.6 Å². The van der Waals surface area contributed by atoms with Crippen LogP contribution >= 0.6 is 0 Å². The van der Waals surface area contributed by atoms with Gasteiger partial charge in [-0.3, -0.25) is 0 Å². The van der Waals surface area contributed by atoms with Crippen LogP contribution in [-0.4, -0.2) is 54.4 Å². The van der Waals surface area contributed by atoms with Gasteiger partial charge in [0.1, 0.15) is 0 Å². The molecule has 5 heteroatoms. The van der Waals surface area contributed by atoms with E-state index in [-0.39, 0.29) is 91.5 Å². The Morgan fingerprint density at radius 2 is 0.800 bits per heavy atom. The van der Waals surface area contributed by atoms with Crippen molar-refractivity contribution >= 4 is 48.9 Å². The molecule has 0 atom stereocenters. The third kappa shape index (κ3) is 21.8. The molecule has 0 aliphatic rings. The molecule has 0 rings (SSSR count). The summed E-state index contributed by atoms with van der Waals surface area (Å²) in [4.78, 5) is 0. The fraction of sp³-hybridized carbons (Fsp3) is 0. The minimum Gasteiger partial charge on any atom is -2.00 e. The molecule has 3 nitrogen and oxygen atoms in total. The SMILES string of the molecule is [Ba+2].[O-2].[O-2].[OH-].[Zr]. The van der Waals surface area contributed by atoms with Crippen LogP contribution in [-0.2, 0) is 37.2 Å². The van der Waals surface area contributed by atoms with E-state index >= 15 is 0 Å². The fourth-order valence-corrected chi connectivity index (χ4v) is 0. The summed E-state index contributed by atoms with van der Waals surface area (Å²) in [7, 11) is 0. The van der Waals surface area contributed by atoms with Gasteiger partial charge in [0.25, 0.3) is 0 Å². The number of rotatable bonds is 0. The van der Waals surface area contributed by atoms with Crippen LogP contribution < -0.4 is 0 Å². The molecule has 5 heavy (non-hydrogen) atoms. The molecule has 0 radical (unpaired) electrons. The fourth-order valence-electron chi connectivity index (χ4n) is 0. The zero-order valence-corrected chi connectivity index (χ0v) is 9.37. The molecule has 0 fully saturated rings. The number of hydrogen-bond acceptors (Lipinski definition) is 1. The molecule has 28 valence electrons. The van der Waals surface area contributed by atoms with Crippen LogP contribution in [0.2, 0.25) is 0 Å². The minimum absolute atomic E-state index is 0. The standard InChI is InChI=1S/Ba.H2O.2O.Zr/h;1H2;;;/q+2;;2*-2;/p-1. The summed E-state index contributed by atoms with van der Waals surface area (Å²) in [5.41, 5.74) is 0. The maximum atomic E-state index is 0.